The average Bonchev–Trinajstić information content (AvgIpc) is 3.27. The van der Waals surface area contributed by atoms with Gasteiger partial charge < -0.3 is 10.6 Å². The fraction of sp³-hybridized carbons (Fsp3) is 0.400. The van der Waals surface area contributed by atoms with E-state index in [0.717, 1.165) is 24.0 Å². The molecule has 0 atom stereocenters. The molecule has 25 heavy (non-hydrogen) atoms. The normalized spacial score (nSPS) is 15.8. The monoisotopic (exact) mass is 356 g/mol. The Bertz CT molecular complexity index is 762. The molecular formula is C20H24N2O2S. The van der Waals surface area contributed by atoms with Crippen LogP contribution in [0.3, 0.4) is 0 Å². The van der Waals surface area contributed by atoms with Crippen LogP contribution in [-0.2, 0) is 15.0 Å². The Morgan fingerprint density at radius 3 is 2.48 bits per heavy atom. The zero-order valence-corrected chi connectivity index (χ0v) is 15.5. The number of hydrogen-bond acceptors (Lipinski definition) is 3. The number of amides is 2. The molecule has 0 aliphatic heterocycles. The van der Waals surface area contributed by atoms with Crippen LogP contribution in [-0.4, -0.2) is 18.4 Å². The number of aryl methyl sites for hydroxylation is 2. The Balaban J connectivity index is 1.61. The van der Waals surface area contributed by atoms with E-state index in [-0.39, 0.29) is 5.41 Å². The lowest BCUT2D eigenvalue weighted by molar-refractivity contribution is -0.136. The Kier molecular flexibility index (Phi) is 5.23. The van der Waals surface area contributed by atoms with E-state index in [0.29, 0.717) is 12.2 Å². The van der Waals surface area contributed by atoms with Crippen LogP contribution in [0.5, 0.6) is 0 Å². The minimum absolute atomic E-state index is 0.0175. The molecule has 0 saturated heterocycles. The maximum Gasteiger partial charge on any atom is 0.313 e. The average molecular weight is 356 g/mol. The molecule has 1 aromatic carbocycles. The van der Waals surface area contributed by atoms with Crippen LogP contribution in [0.15, 0.2) is 35.0 Å². The third-order valence-electron chi connectivity index (χ3n) is 5.25. The van der Waals surface area contributed by atoms with Crippen LogP contribution in [0, 0.1) is 13.8 Å². The molecule has 0 radical (unpaired) electrons. The van der Waals surface area contributed by atoms with Gasteiger partial charge in [0, 0.05) is 17.6 Å². The first-order valence-corrected chi connectivity index (χ1v) is 9.64. The predicted molar refractivity (Wildman–Crippen MR) is 102 cm³/mol. The van der Waals surface area contributed by atoms with Gasteiger partial charge in [0.15, 0.2) is 0 Å². The number of carbonyl (C=O) groups is 2. The van der Waals surface area contributed by atoms with Gasteiger partial charge in [-0.2, -0.15) is 11.3 Å². The summed E-state index contributed by atoms with van der Waals surface area (Å²) in [6.07, 6.45) is 4.45. The molecule has 2 N–H and O–H groups in total. The maximum absolute atomic E-state index is 12.2. The van der Waals surface area contributed by atoms with Crippen molar-refractivity contribution in [1.29, 1.82) is 0 Å². The first-order chi connectivity index (χ1) is 12.0. The summed E-state index contributed by atoms with van der Waals surface area (Å²) in [5.41, 5.74) is 4.15. The zero-order valence-electron chi connectivity index (χ0n) is 14.7. The van der Waals surface area contributed by atoms with Crippen LogP contribution in [0.4, 0.5) is 5.69 Å². The molecule has 1 aliphatic carbocycles. The lowest BCUT2D eigenvalue weighted by Crippen LogP contribution is -2.43. The number of hydrogen-bond donors (Lipinski definition) is 2. The molecule has 4 nitrogen and oxygen atoms in total. The fourth-order valence-electron chi connectivity index (χ4n) is 3.52. The second-order valence-corrected chi connectivity index (χ2v) is 7.72. The molecule has 0 bridgehead atoms. The Morgan fingerprint density at radius 1 is 1.08 bits per heavy atom. The van der Waals surface area contributed by atoms with Crippen molar-refractivity contribution in [2.45, 2.75) is 44.9 Å². The number of rotatable bonds is 4. The molecule has 2 aromatic rings. The lowest BCUT2D eigenvalue weighted by Gasteiger charge is -2.28. The third-order valence-corrected chi connectivity index (χ3v) is 5.94. The smallest absolute Gasteiger partial charge is 0.313 e. The summed E-state index contributed by atoms with van der Waals surface area (Å²) in [6.45, 7) is 4.51. The second kappa shape index (κ2) is 7.40. The van der Waals surface area contributed by atoms with E-state index in [2.05, 4.69) is 27.5 Å². The summed E-state index contributed by atoms with van der Waals surface area (Å²) in [6, 6.07) is 7.77. The molecule has 1 saturated carbocycles. The highest BCUT2D eigenvalue weighted by atomic mass is 32.1. The minimum atomic E-state index is -0.610. The number of nitrogens with one attached hydrogen (secondary N) is 2. The molecule has 2 amide bonds. The third kappa shape index (κ3) is 3.93. The van der Waals surface area contributed by atoms with Gasteiger partial charge >= 0.3 is 11.8 Å². The van der Waals surface area contributed by atoms with Crippen LogP contribution in [0.1, 0.15) is 42.4 Å². The fourth-order valence-corrected chi connectivity index (χ4v) is 4.30. The van der Waals surface area contributed by atoms with E-state index in [4.69, 9.17) is 0 Å². The van der Waals surface area contributed by atoms with Crippen molar-refractivity contribution in [2.75, 3.05) is 11.9 Å². The van der Waals surface area contributed by atoms with Crippen molar-refractivity contribution in [2.24, 2.45) is 0 Å². The molecule has 0 spiro atoms. The number of anilines is 1. The van der Waals surface area contributed by atoms with Crippen molar-refractivity contribution in [3.8, 4) is 0 Å². The number of benzene rings is 1. The van der Waals surface area contributed by atoms with Crippen molar-refractivity contribution in [3.63, 3.8) is 0 Å². The van der Waals surface area contributed by atoms with Gasteiger partial charge in [0.2, 0.25) is 0 Å². The number of carbonyl (C=O) groups excluding carboxylic acids is 2. The molecule has 132 valence electrons. The van der Waals surface area contributed by atoms with E-state index in [9.17, 15) is 9.59 Å². The standard InChI is InChI=1S/C20H24N2O2S/c1-14-5-6-17(11-15(14)2)22-19(24)18(23)21-13-20(8-3-4-9-20)16-7-10-25-12-16/h5-7,10-12H,3-4,8-9,13H2,1-2H3,(H,21,23)(H,22,24). The maximum atomic E-state index is 12.2. The van der Waals surface area contributed by atoms with E-state index in [1.807, 2.05) is 32.0 Å². The van der Waals surface area contributed by atoms with Crippen molar-refractivity contribution in [3.05, 3.63) is 51.7 Å². The van der Waals surface area contributed by atoms with Gasteiger partial charge in [-0.3, -0.25) is 9.59 Å². The lowest BCUT2D eigenvalue weighted by atomic mass is 9.80. The molecule has 1 aromatic heterocycles. The molecule has 0 unspecified atom stereocenters. The highest BCUT2D eigenvalue weighted by Crippen LogP contribution is 2.41. The SMILES string of the molecule is Cc1ccc(NC(=O)C(=O)NCC2(c3ccsc3)CCCC2)cc1C. The Morgan fingerprint density at radius 2 is 1.84 bits per heavy atom. The summed E-state index contributed by atoms with van der Waals surface area (Å²) < 4.78 is 0. The predicted octanol–water partition coefficient (Wildman–Crippen LogP) is 3.93. The van der Waals surface area contributed by atoms with Gasteiger partial charge in [0.25, 0.3) is 0 Å². The van der Waals surface area contributed by atoms with E-state index < -0.39 is 11.8 Å². The van der Waals surface area contributed by atoms with Crippen molar-refractivity contribution in [1.82, 2.24) is 5.32 Å². The van der Waals surface area contributed by atoms with Gasteiger partial charge in [0.1, 0.15) is 0 Å². The van der Waals surface area contributed by atoms with Gasteiger partial charge in [-0.1, -0.05) is 18.9 Å². The summed E-state index contributed by atoms with van der Waals surface area (Å²) in [4.78, 5) is 24.4. The summed E-state index contributed by atoms with van der Waals surface area (Å²) in [5, 5.41) is 9.77. The van der Waals surface area contributed by atoms with Gasteiger partial charge in [-0.05, 0) is 72.3 Å². The van der Waals surface area contributed by atoms with Gasteiger partial charge in [0.05, 0.1) is 0 Å². The molecule has 5 heteroatoms. The molecule has 1 aliphatic rings. The van der Waals surface area contributed by atoms with E-state index >= 15 is 0 Å². The van der Waals surface area contributed by atoms with E-state index in [1.54, 1.807) is 11.3 Å². The van der Waals surface area contributed by atoms with Crippen LogP contribution < -0.4 is 10.6 Å². The first-order valence-electron chi connectivity index (χ1n) is 8.69. The highest BCUT2D eigenvalue weighted by molar-refractivity contribution is 7.08. The second-order valence-electron chi connectivity index (χ2n) is 6.94. The van der Waals surface area contributed by atoms with Crippen LogP contribution in [0.2, 0.25) is 0 Å². The van der Waals surface area contributed by atoms with Gasteiger partial charge in [-0.25, -0.2) is 0 Å². The minimum Gasteiger partial charge on any atom is -0.347 e. The summed E-state index contributed by atoms with van der Waals surface area (Å²) in [7, 11) is 0. The van der Waals surface area contributed by atoms with Crippen LogP contribution >= 0.6 is 11.3 Å². The summed E-state index contributed by atoms with van der Waals surface area (Å²) >= 11 is 1.68. The molecule has 3 rings (SSSR count). The van der Waals surface area contributed by atoms with Gasteiger partial charge in [-0.15, -0.1) is 0 Å². The molecule has 1 fully saturated rings. The largest absolute Gasteiger partial charge is 0.347 e. The Labute approximate surface area is 152 Å². The van der Waals surface area contributed by atoms with Crippen molar-refractivity contribution < 1.29 is 9.59 Å². The molecule has 1 heterocycles. The Hall–Kier alpha value is -2.14. The van der Waals surface area contributed by atoms with Crippen LogP contribution in [0.25, 0.3) is 0 Å². The zero-order chi connectivity index (χ0) is 17.9. The summed E-state index contributed by atoms with van der Waals surface area (Å²) in [5.74, 6) is -1.18. The quantitative estimate of drug-likeness (QED) is 0.816. The van der Waals surface area contributed by atoms with Crippen molar-refractivity contribution >= 4 is 28.8 Å². The first kappa shape index (κ1) is 17.7. The number of thiophene rings is 1. The topological polar surface area (TPSA) is 58.2 Å². The molecular weight excluding hydrogens is 332 g/mol. The van der Waals surface area contributed by atoms with E-state index in [1.165, 1.54) is 18.4 Å². The highest BCUT2D eigenvalue weighted by Gasteiger charge is 2.36.